The van der Waals surface area contributed by atoms with Crippen LogP contribution in [0.4, 0.5) is 10.1 Å². The van der Waals surface area contributed by atoms with Crippen molar-refractivity contribution in [2.45, 2.75) is 38.1 Å². The van der Waals surface area contributed by atoms with Crippen LogP contribution in [-0.4, -0.2) is 23.7 Å². The molecule has 1 aliphatic carbocycles. The summed E-state index contributed by atoms with van der Waals surface area (Å²) in [7, 11) is 0. The molecule has 1 saturated heterocycles. The topological polar surface area (TPSA) is 40.5 Å². The van der Waals surface area contributed by atoms with Gasteiger partial charge in [-0.25, -0.2) is 9.18 Å². The Bertz CT molecular complexity index is 570. The van der Waals surface area contributed by atoms with Gasteiger partial charge >= 0.3 is 5.97 Å². The second-order valence-corrected chi connectivity index (χ2v) is 5.94. The van der Waals surface area contributed by atoms with Gasteiger partial charge in [0.2, 0.25) is 0 Å². The SMILES string of the molecule is O=C(O)/C=C/c1c(F)cccc1N1CCC2CCCCC21. The second kappa shape index (κ2) is 5.88. The monoisotopic (exact) mass is 289 g/mol. The van der Waals surface area contributed by atoms with Gasteiger partial charge in [0.1, 0.15) is 5.82 Å². The molecule has 2 atom stereocenters. The molecule has 1 saturated carbocycles. The van der Waals surface area contributed by atoms with Crippen LogP contribution in [0.2, 0.25) is 0 Å². The number of hydrogen-bond acceptors (Lipinski definition) is 2. The number of nitrogens with zero attached hydrogens (tertiary/aromatic N) is 1. The molecule has 3 rings (SSSR count). The number of rotatable bonds is 3. The van der Waals surface area contributed by atoms with E-state index in [9.17, 15) is 9.18 Å². The molecule has 1 aliphatic heterocycles. The zero-order chi connectivity index (χ0) is 14.8. The third kappa shape index (κ3) is 2.80. The van der Waals surface area contributed by atoms with Gasteiger partial charge < -0.3 is 10.0 Å². The molecule has 2 unspecified atom stereocenters. The van der Waals surface area contributed by atoms with E-state index in [4.69, 9.17) is 5.11 Å². The van der Waals surface area contributed by atoms with Crippen molar-refractivity contribution in [2.24, 2.45) is 5.92 Å². The number of carboxylic acid groups (broad SMARTS) is 1. The maximum absolute atomic E-state index is 14.1. The largest absolute Gasteiger partial charge is 0.478 e. The average molecular weight is 289 g/mol. The normalized spacial score (nSPS) is 25.3. The molecule has 0 amide bonds. The van der Waals surface area contributed by atoms with E-state index < -0.39 is 5.97 Å². The van der Waals surface area contributed by atoms with Gasteiger partial charge in [-0.3, -0.25) is 0 Å². The predicted octanol–water partition coefficient (Wildman–Crippen LogP) is 3.69. The van der Waals surface area contributed by atoms with Crippen LogP contribution in [0.25, 0.3) is 6.08 Å². The fraction of sp³-hybridized carbons (Fsp3) is 0.471. The van der Waals surface area contributed by atoms with Gasteiger partial charge in [0.25, 0.3) is 0 Å². The van der Waals surface area contributed by atoms with E-state index in [0.717, 1.165) is 31.1 Å². The molecule has 1 aromatic carbocycles. The average Bonchev–Trinajstić information content (AvgIpc) is 2.89. The first-order valence-electron chi connectivity index (χ1n) is 7.63. The van der Waals surface area contributed by atoms with Gasteiger partial charge in [-0.05, 0) is 43.4 Å². The molecule has 0 spiro atoms. The lowest BCUT2D eigenvalue weighted by Gasteiger charge is -2.34. The van der Waals surface area contributed by atoms with Crippen molar-refractivity contribution >= 4 is 17.7 Å². The van der Waals surface area contributed by atoms with Gasteiger partial charge in [0.15, 0.2) is 0 Å². The van der Waals surface area contributed by atoms with Gasteiger partial charge in [0, 0.05) is 29.9 Å². The zero-order valence-electron chi connectivity index (χ0n) is 12.0. The summed E-state index contributed by atoms with van der Waals surface area (Å²) in [6.07, 6.45) is 8.49. The van der Waals surface area contributed by atoms with E-state index in [1.54, 1.807) is 6.07 Å². The van der Waals surface area contributed by atoms with E-state index in [2.05, 4.69) is 4.90 Å². The van der Waals surface area contributed by atoms with Crippen molar-refractivity contribution in [2.75, 3.05) is 11.4 Å². The highest BCUT2D eigenvalue weighted by Crippen LogP contribution is 2.40. The number of hydrogen-bond donors (Lipinski definition) is 1. The molecular formula is C17H20FNO2. The molecular weight excluding hydrogens is 269 g/mol. The first-order valence-corrected chi connectivity index (χ1v) is 7.63. The second-order valence-electron chi connectivity index (χ2n) is 5.94. The minimum atomic E-state index is -1.05. The van der Waals surface area contributed by atoms with Crippen LogP contribution >= 0.6 is 0 Å². The highest BCUT2D eigenvalue weighted by atomic mass is 19.1. The zero-order valence-corrected chi connectivity index (χ0v) is 12.0. The van der Waals surface area contributed by atoms with Crippen LogP contribution in [0.1, 0.15) is 37.7 Å². The molecule has 0 aromatic heterocycles. The number of benzene rings is 1. The van der Waals surface area contributed by atoms with Gasteiger partial charge in [-0.1, -0.05) is 18.9 Å². The summed E-state index contributed by atoms with van der Waals surface area (Å²) < 4.78 is 14.1. The van der Waals surface area contributed by atoms with E-state index in [-0.39, 0.29) is 5.82 Å². The molecule has 2 fully saturated rings. The maximum atomic E-state index is 14.1. The molecule has 3 nitrogen and oxygen atoms in total. The predicted molar refractivity (Wildman–Crippen MR) is 80.8 cm³/mol. The van der Waals surface area contributed by atoms with Crippen LogP contribution in [0.15, 0.2) is 24.3 Å². The Hall–Kier alpha value is -1.84. The van der Waals surface area contributed by atoms with Crippen LogP contribution in [0.5, 0.6) is 0 Å². The molecule has 2 aliphatic rings. The molecule has 0 radical (unpaired) electrons. The lowest BCUT2D eigenvalue weighted by molar-refractivity contribution is -0.131. The molecule has 0 bridgehead atoms. The van der Waals surface area contributed by atoms with E-state index in [1.807, 2.05) is 6.07 Å². The maximum Gasteiger partial charge on any atom is 0.328 e. The molecule has 1 aromatic rings. The number of halogens is 1. The summed E-state index contributed by atoms with van der Waals surface area (Å²) in [6.45, 7) is 0.937. The van der Waals surface area contributed by atoms with E-state index >= 15 is 0 Å². The Morgan fingerprint density at radius 1 is 1.29 bits per heavy atom. The Kier molecular flexibility index (Phi) is 3.95. The summed E-state index contributed by atoms with van der Waals surface area (Å²) in [6, 6.07) is 5.48. The molecule has 112 valence electrons. The molecule has 4 heteroatoms. The standard InChI is InChI=1S/C17H20FNO2/c18-14-5-3-7-16(13(14)8-9-17(20)21)19-11-10-12-4-1-2-6-15(12)19/h3,5,7-9,12,15H,1-2,4,6,10-11H2,(H,20,21)/b9-8+. The molecule has 1 heterocycles. The Morgan fingerprint density at radius 3 is 2.90 bits per heavy atom. The smallest absolute Gasteiger partial charge is 0.328 e. The third-order valence-corrected chi connectivity index (χ3v) is 4.74. The quantitative estimate of drug-likeness (QED) is 0.863. The minimum Gasteiger partial charge on any atom is -0.478 e. The summed E-state index contributed by atoms with van der Waals surface area (Å²) >= 11 is 0. The Labute approximate surface area is 124 Å². The lowest BCUT2D eigenvalue weighted by atomic mass is 9.85. The summed E-state index contributed by atoms with van der Waals surface area (Å²) in [5.74, 6) is -0.705. The number of aliphatic carboxylic acids is 1. The lowest BCUT2D eigenvalue weighted by Crippen LogP contribution is -2.35. The minimum absolute atomic E-state index is 0.357. The highest BCUT2D eigenvalue weighted by Gasteiger charge is 2.36. The Morgan fingerprint density at radius 2 is 2.10 bits per heavy atom. The van der Waals surface area contributed by atoms with Gasteiger partial charge in [0.05, 0.1) is 0 Å². The van der Waals surface area contributed by atoms with Gasteiger partial charge in [-0.15, -0.1) is 0 Å². The fourth-order valence-corrected chi connectivity index (χ4v) is 3.80. The summed E-state index contributed by atoms with van der Waals surface area (Å²) in [5, 5.41) is 8.79. The number of carboxylic acids is 1. The van der Waals surface area contributed by atoms with Crippen molar-refractivity contribution in [3.05, 3.63) is 35.7 Å². The molecule has 1 N–H and O–H groups in total. The van der Waals surface area contributed by atoms with Crippen molar-refractivity contribution in [3.8, 4) is 0 Å². The first-order chi connectivity index (χ1) is 10.2. The number of fused-ring (bicyclic) bond motifs is 1. The van der Waals surface area contributed by atoms with Crippen LogP contribution in [-0.2, 0) is 4.79 Å². The van der Waals surface area contributed by atoms with Crippen molar-refractivity contribution in [3.63, 3.8) is 0 Å². The number of anilines is 1. The summed E-state index contributed by atoms with van der Waals surface area (Å²) in [4.78, 5) is 13.0. The van der Waals surface area contributed by atoms with Crippen molar-refractivity contribution in [1.29, 1.82) is 0 Å². The van der Waals surface area contributed by atoms with E-state index in [1.165, 1.54) is 31.4 Å². The van der Waals surface area contributed by atoms with Crippen molar-refractivity contribution in [1.82, 2.24) is 0 Å². The highest BCUT2D eigenvalue weighted by molar-refractivity contribution is 5.87. The van der Waals surface area contributed by atoms with Crippen molar-refractivity contribution < 1.29 is 14.3 Å². The molecule has 21 heavy (non-hydrogen) atoms. The Balaban J connectivity index is 1.94. The summed E-state index contributed by atoms with van der Waals surface area (Å²) in [5.41, 5.74) is 1.23. The van der Waals surface area contributed by atoms with Crippen LogP contribution < -0.4 is 4.90 Å². The van der Waals surface area contributed by atoms with E-state index in [0.29, 0.717) is 17.5 Å². The fourth-order valence-electron chi connectivity index (χ4n) is 3.80. The van der Waals surface area contributed by atoms with Crippen LogP contribution in [0, 0.1) is 11.7 Å². The number of carbonyl (C=O) groups is 1. The first kappa shape index (κ1) is 14.1. The van der Waals surface area contributed by atoms with Crippen LogP contribution in [0.3, 0.4) is 0 Å². The van der Waals surface area contributed by atoms with Gasteiger partial charge in [-0.2, -0.15) is 0 Å². The third-order valence-electron chi connectivity index (χ3n) is 4.74.